The van der Waals surface area contributed by atoms with Crippen molar-refractivity contribution in [1.29, 1.82) is 0 Å². The molecule has 0 radical (unpaired) electrons. The number of thioether (sulfide) groups is 1. The van der Waals surface area contributed by atoms with Crippen molar-refractivity contribution in [2.24, 2.45) is 11.8 Å². The Kier molecular flexibility index (Phi) is 6.00. The van der Waals surface area contributed by atoms with Crippen LogP contribution in [0.15, 0.2) is 52.3 Å². The molecule has 0 aromatic heterocycles. The number of nitrogens with one attached hydrogen (secondary N) is 2. The van der Waals surface area contributed by atoms with Gasteiger partial charge >= 0.3 is 0 Å². The van der Waals surface area contributed by atoms with Gasteiger partial charge in [-0.05, 0) is 55.0 Å². The van der Waals surface area contributed by atoms with Gasteiger partial charge in [-0.25, -0.2) is 0 Å². The maximum Gasteiger partial charge on any atom is 0.262 e. The molecule has 1 saturated carbocycles. The second-order valence-electron chi connectivity index (χ2n) is 8.53. The predicted octanol–water partition coefficient (Wildman–Crippen LogP) is 5.63. The first-order chi connectivity index (χ1) is 14.4. The van der Waals surface area contributed by atoms with E-state index in [4.69, 9.17) is 0 Å². The second kappa shape index (κ2) is 8.68. The summed E-state index contributed by atoms with van der Waals surface area (Å²) in [6.07, 6.45) is 5.31. The highest BCUT2D eigenvalue weighted by Crippen LogP contribution is 2.39. The topological polar surface area (TPSA) is 58.2 Å². The van der Waals surface area contributed by atoms with Crippen molar-refractivity contribution in [3.63, 3.8) is 0 Å². The van der Waals surface area contributed by atoms with Gasteiger partial charge in [-0.3, -0.25) is 9.59 Å². The standard InChI is InChI=1S/C25H28N2O2S/c1-15-7-9-18(10-8-15)13-23-25(29)27-21-14-19(11-12-22(21)30-23)24(28)26-20-6-4-5-16(2)17(20)3/h7-14,16-17,20H,4-6H2,1-3H3,(H,26,28)(H,27,29)/b23-13+/t16-,17+,20-/m1/s1. The molecule has 2 aromatic carbocycles. The van der Waals surface area contributed by atoms with E-state index >= 15 is 0 Å². The van der Waals surface area contributed by atoms with Crippen LogP contribution in [-0.2, 0) is 4.79 Å². The third-order valence-electron chi connectivity index (χ3n) is 6.33. The number of fused-ring (bicyclic) bond motifs is 1. The lowest BCUT2D eigenvalue weighted by atomic mass is 9.78. The van der Waals surface area contributed by atoms with Crippen LogP contribution in [0, 0.1) is 18.8 Å². The third-order valence-corrected chi connectivity index (χ3v) is 7.43. The molecule has 1 aliphatic heterocycles. The zero-order chi connectivity index (χ0) is 21.3. The van der Waals surface area contributed by atoms with Gasteiger partial charge in [-0.2, -0.15) is 0 Å². The van der Waals surface area contributed by atoms with Crippen LogP contribution in [0.1, 0.15) is 54.6 Å². The number of hydrogen-bond donors (Lipinski definition) is 2. The fourth-order valence-electron chi connectivity index (χ4n) is 4.15. The van der Waals surface area contributed by atoms with Crippen LogP contribution < -0.4 is 10.6 Å². The molecule has 1 heterocycles. The Morgan fingerprint density at radius 1 is 1.13 bits per heavy atom. The molecule has 2 N–H and O–H groups in total. The van der Waals surface area contributed by atoms with E-state index in [9.17, 15) is 9.59 Å². The van der Waals surface area contributed by atoms with Crippen molar-refractivity contribution in [2.75, 3.05) is 5.32 Å². The fraction of sp³-hybridized carbons (Fsp3) is 0.360. The van der Waals surface area contributed by atoms with Gasteiger partial charge in [0.05, 0.1) is 10.6 Å². The number of benzene rings is 2. The van der Waals surface area contributed by atoms with Crippen molar-refractivity contribution in [3.8, 4) is 0 Å². The summed E-state index contributed by atoms with van der Waals surface area (Å²) in [5.74, 6) is 0.899. The average Bonchev–Trinajstić information content (AvgIpc) is 2.73. The molecule has 156 valence electrons. The van der Waals surface area contributed by atoms with Gasteiger partial charge < -0.3 is 10.6 Å². The maximum absolute atomic E-state index is 12.8. The molecule has 3 atom stereocenters. The second-order valence-corrected chi connectivity index (χ2v) is 9.62. The van der Waals surface area contributed by atoms with Crippen LogP contribution >= 0.6 is 11.8 Å². The van der Waals surface area contributed by atoms with Crippen LogP contribution in [0.5, 0.6) is 0 Å². The normalized spacial score (nSPS) is 24.8. The Balaban J connectivity index is 1.49. The van der Waals surface area contributed by atoms with Crippen molar-refractivity contribution >= 4 is 35.3 Å². The van der Waals surface area contributed by atoms with E-state index in [-0.39, 0.29) is 17.9 Å². The van der Waals surface area contributed by atoms with E-state index in [0.29, 0.717) is 28.0 Å². The van der Waals surface area contributed by atoms with E-state index in [1.807, 2.05) is 49.4 Å². The first-order valence-electron chi connectivity index (χ1n) is 10.6. The summed E-state index contributed by atoms with van der Waals surface area (Å²) in [6.45, 7) is 6.52. The van der Waals surface area contributed by atoms with Crippen LogP contribution in [-0.4, -0.2) is 17.9 Å². The number of aryl methyl sites for hydroxylation is 1. The molecule has 5 heteroatoms. The molecule has 0 unspecified atom stereocenters. The van der Waals surface area contributed by atoms with Gasteiger partial charge in [0.15, 0.2) is 0 Å². The van der Waals surface area contributed by atoms with Gasteiger partial charge in [0.25, 0.3) is 11.8 Å². The molecule has 4 rings (SSSR count). The summed E-state index contributed by atoms with van der Waals surface area (Å²) in [5.41, 5.74) is 3.47. The van der Waals surface area contributed by atoms with Crippen molar-refractivity contribution in [1.82, 2.24) is 5.32 Å². The maximum atomic E-state index is 12.8. The minimum Gasteiger partial charge on any atom is -0.349 e. The highest BCUT2D eigenvalue weighted by molar-refractivity contribution is 8.04. The zero-order valence-corrected chi connectivity index (χ0v) is 18.5. The first kappa shape index (κ1) is 20.7. The summed E-state index contributed by atoms with van der Waals surface area (Å²) in [5, 5.41) is 6.16. The molecule has 4 nitrogen and oxygen atoms in total. The third kappa shape index (κ3) is 4.46. The summed E-state index contributed by atoms with van der Waals surface area (Å²) in [7, 11) is 0. The summed E-state index contributed by atoms with van der Waals surface area (Å²) < 4.78 is 0. The van der Waals surface area contributed by atoms with Gasteiger partial charge in [0, 0.05) is 16.5 Å². The molecule has 2 aliphatic rings. The Morgan fingerprint density at radius 3 is 2.67 bits per heavy atom. The number of anilines is 1. The molecular weight excluding hydrogens is 392 g/mol. The lowest BCUT2D eigenvalue weighted by Gasteiger charge is -2.34. The minimum atomic E-state index is -0.139. The van der Waals surface area contributed by atoms with Gasteiger partial charge in [0.2, 0.25) is 0 Å². The van der Waals surface area contributed by atoms with Gasteiger partial charge in [-0.1, -0.05) is 68.3 Å². The van der Waals surface area contributed by atoms with Crippen LogP contribution in [0.3, 0.4) is 0 Å². The van der Waals surface area contributed by atoms with E-state index in [1.54, 1.807) is 6.07 Å². The highest BCUT2D eigenvalue weighted by atomic mass is 32.2. The Bertz CT molecular complexity index is 997. The van der Waals surface area contributed by atoms with Gasteiger partial charge in [-0.15, -0.1) is 0 Å². The van der Waals surface area contributed by atoms with Crippen LogP contribution in [0.25, 0.3) is 6.08 Å². The number of hydrogen-bond acceptors (Lipinski definition) is 3. The zero-order valence-electron chi connectivity index (χ0n) is 17.7. The lowest BCUT2D eigenvalue weighted by Crippen LogP contribution is -2.43. The molecule has 2 aromatic rings. The van der Waals surface area contributed by atoms with E-state index in [2.05, 4.69) is 24.5 Å². The number of carbonyl (C=O) groups is 2. The molecular formula is C25H28N2O2S. The Morgan fingerprint density at radius 2 is 1.90 bits per heavy atom. The van der Waals surface area contributed by atoms with Crippen molar-refractivity contribution in [3.05, 3.63) is 64.1 Å². The molecule has 1 aliphatic carbocycles. The predicted molar refractivity (Wildman–Crippen MR) is 124 cm³/mol. The van der Waals surface area contributed by atoms with Crippen LogP contribution in [0.4, 0.5) is 5.69 Å². The molecule has 0 spiro atoms. The smallest absolute Gasteiger partial charge is 0.262 e. The molecule has 2 amide bonds. The van der Waals surface area contributed by atoms with Crippen LogP contribution in [0.2, 0.25) is 0 Å². The quantitative estimate of drug-likeness (QED) is 0.632. The lowest BCUT2D eigenvalue weighted by molar-refractivity contribution is -0.112. The first-order valence-corrected chi connectivity index (χ1v) is 11.4. The summed E-state index contributed by atoms with van der Waals surface area (Å²) in [6, 6.07) is 13.8. The van der Waals surface area contributed by atoms with Crippen molar-refractivity contribution < 1.29 is 9.59 Å². The number of rotatable bonds is 3. The molecule has 1 fully saturated rings. The minimum absolute atomic E-state index is 0.0657. The fourth-order valence-corrected chi connectivity index (χ4v) is 5.08. The van der Waals surface area contributed by atoms with E-state index in [1.165, 1.54) is 23.7 Å². The Hall–Kier alpha value is -2.53. The average molecular weight is 421 g/mol. The monoisotopic (exact) mass is 420 g/mol. The molecule has 0 saturated heterocycles. The van der Waals surface area contributed by atoms with E-state index < -0.39 is 0 Å². The summed E-state index contributed by atoms with van der Waals surface area (Å²) >= 11 is 1.44. The number of carbonyl (C=O) groups excluding carboxylic acids is 2. The highest BCUT2D eigenvalue weighted by Gasteiger charge is 2.29. The Labute approximate surface area is 182 Å². The van der Waals surface area contributed by atoms with E-state index in [0.717, 1.165) is 23.3 Å². The largest absolute Gasteiger partial charge is 0.349 e. The SMILES string of the molecule is Cc1ccc(/C=C2/Sc3ccc(C(=O)N[C@@H]4CCC[C@@H](C)[C@@H]4C)cc3NC2=O)cc1. The van der Waals surface area contributed by atoms with Crippen molar-refractivity contribution in [2.45, 2.75) is 51.0 Å². The van der Waals surface area contributed by atoms with Gasteiger partial charge in [0.1, 0.15) is 0 Å². The molecule has 30 heavy (non-hydrogen) atoms. The molecule has 0 bridgehead atoms. The summed E-state index contributed by atoms with van der Waals surface area (Å²) in [4.78, 5) is 27.0. The number of amides is 2.